The van der Waals surface area contributed by atoms with E-state index in [1.807, 2.05) is 12.1 Å². The molecule has 2 aliphatic rings. The van der Waals surface area contributed by atoms with Gasteiger partial charge in [0, 0.05) is 36.2 Å². The summed E-state index contributed by atoms with van der Waals surface area (Å²) in [6.45, 7) is 4.19. The first-order chi connectivity index (χ1) is 16.3. The van der Waals surface area contributed by atoms with Crippen molar-refractivity contribution in [3.8, 4) is 0 Å². The van der Waals surface area contributed by atoms with Crippen LogP contribution in [-0.4, -0.2) is 49.7 Å². The first kappa shape index (κ1) is 25.5. The van der Waals surface area contributed by atoms with E-state index in [0.29, 0.717) is 41.5 Å². The predicted molar refractivity (Wildman–Crippen MR) is 136 cm³/mol. The third-order valence-corrected chi connectivity index (χ3v) is 9.05. The molecule has 1 N–H and O–H groups in total. The average Bonchev–Trinajstić information content (AvgIpc) is 3.33. The summed E-state index contributed by atoms with van der Waals surface area (Å²) in [7, 11) is -3.61. The van der Waals surface area contributed by atoms with E-state index < -0.39 is 10.0 Å². The topological polar surface area (TPSA) is 69.7 Å². The number of hydrogen-bond donors (Lipinski definition) is 1. The summed E-state index contributed by atoms with van der Waals surface area (Å²) in [5.41, 5.74) is 2.85. The molecular weight excluding hydrogens is 493 g/mol. The van der Waals surface area contributed by atoms with Gasteiger partial charge in [-0.2, -0.15) is 0 Å². The number of rotatable bonds is 8. The van der Waals surface area contributed by atoms with Crippen LogP contribution in [0.25, 0.3) is 0 Å². The maximum Gasteiger partial charge on any atom is 0.224 e. The van der Waals surface area contributed by atoms with Gasteiger partial charge in [0.25, 0.3) is 0 Å². The number of likely N-dealkylation sites (tertiary alicyclic amines) is 1. The summed E-state index contributed by atoms with van der Waals surface area (Å²) in [6, 6.07) is 13.0. The highest BCUT2D eigenvalue weighted by molar-refractivity contribution is 7.88. The van der Waals surface area contributed by atoms with Gasteiger partial charge in [0.05, 0.1) is 11.7 Å². The minimum absolute atomic E-state index is 0.0969. The normalized spacial score (nSPS) is 19.9. The highest BCUT2D eigenvalue weighted by atomic mass is 35.5. The van der Waals surface area contributed by atoms with Crippen LogP contribution >= 0.6 is 23.2 Å². The van der Waals surface area contributed by atoms with Crippen LogP contribution < -0.4 is 5.32 Å². The number of benzene rings is 2. The Morgan fingerprint density at radius 3 is 2.44 bits per heavy atom. The Kier molecular flexibility index (Phi) is 8.53. The van der Waals surface area contributed by atoms with E-state index in [2.05, 4.69) is 22.3 Å². The number of carbonyl (C=O) groups excluding carboxylic acids is 1. The molecule has 2 aliphatic heterocycles. The van der Waals surface area contributed by atoms with E-state index >= 15 is 0 Å². The van der Waals surface area contributed by atoms with Gasteiger partial charge in [-0.3, -0.25) is 9.69 Å². The molecule has 0 radical (unpaired) electrons. The summed E-state index contributed by atoms with van der Waals surface area (Å²) < 4.78 is 27.5. The zero-order valence-corrected chi connectivity index (χ0v) is 21.5. The fourth-order valence-electron chi connectivity index (χ4n) is 4.73. The van der Waals surface area contributed by atoms with Crippen LogP contribution in [0, 0.1) is 5.92 Å². The zero-order chi connectivity index (χ0) is 24.1. The molecule has 0 saturated carbocycles. The number of carbonyl (C=O) groups is 1. The summed E-state index contributed by atoms with van der Waals surface area (Å²) in [6.07, 6.45) is 3.81. The van der Waals surface area contributed by atoms with Gasteiger partial charge >= 0.3 is 0 Å². The van der Waals surface area contributed by atoms with Crippen molar-refractivity contribution in [3.63, 3.8) is 0 Å². The highest BCUT2D eigenvalue weighted by Crippen LogP contribution is 2.26. The second-order valence-electron chi connectivity index (χ2n) is 9.16. The minimum atomic E-state index is -3.61. The molecule has 0 bridgehead atoms. The van der Waals surface area contributed by atoms with Crippen LogP contribution in [0.15, 0.2) is 42.5 Å². The van der Waals surface area contributed by atoms with Crippen LogP contribution in [0.3, 0.4) is 0 Å². The number of amides is 1. The summed E-state index contributed by atoms with van der Waals surface area (Å²) in [4.78, 5) is 15.4. The lowest BCUT2D eigenvalue weighted by Crippen LogP contribution is -2.45. The number of sulfonamides is 1. The second-order valence-corrected chi connectivity index (χ2v) is 12.0. The fourth-order valence-corrected chi connectivity index (χ4v) is 6.92. The van der Waals surface area contributed by atoms with Crippen LogP contribution in [0.1, 0.15) is 42.4 Å². The highest BCUT2D eigenvalue weighted by Gasteiger charge is 2.32. The van der Waals surface area contributed by atoms with Crippen molar-refractivity contribution in [3.05, 3.63) is 69.2 Å². The Balaban J connectivity index is 1.35. The van der Waals surface area contributed by atoms with E-state index in [-0.39, 0.29) is 24.1 Å². The van der Waals surface area contributed by atoms with E-state index in [9.17, 15) is 13.2 Å². The number of piperidine rings is 1. The molecule has 34 heavy (non-hydrogen) atoms. The fraction of sp³-hybridized carbons (Fsp3) is 0.480. The van der Waals surface area contributed by atoms with Gasteiger partial charge < -0.3 is 5.32 Å². The van der Waals surface area contributed by atoms with Crippen molar-refractivity contribution in [1.29, 1.82) is 0 Å². The molecule has 2 saturated heterocycles. The Bertz CT molecular complexity index is 1120. The van der Waals surface area contributed by atoms with E-state index in [0.717, 1.165) is 25.2 Å². The second kappa shape index (κ2) is 11.4. The molecule has 0 unspecified atom stereocenters. The van der Waals surface area contributed by atoms with E-state index in [4.69, 9.17) is 23.2 Å². The molecule has 0 aliphatic carbocycles. The molecule has 2 aromatic rings. The van der Waals surface area contributed by atoms with E-state index in [1.54, 1.807) is 18.2 Å². The number of nitrogens with one attached hydrogen (secondary N) is 1. The maximum atomic E-state index is 13.0. The average molecular weight is 525 g/mol. The largest absolute Gasteiger partial charge is 0.352 e. The standard InChI is InChI=1S/C25H31Cl2N3O3S/c26-23-10-9-22(24(27)14-23)18-34(32,33)30-13-5-8-21(17-30)25(31)28-15-19-6-1-2-7-20(19)16-29-11-3-4-12-29/h1-2,6-7,9-10,14,21H,3-5,8,11-13,15-18H2,(H,28,31)/t21-/m0/s1. The predicted octanol–water partition coefficient (Wildman–Crippen LogP) is 4.45. The molecule has 4 rings (SSSR count). The smallest absolute Gasteiger partial charge is 0.224 e. The van der Waals surface area contributed by atoms with Crippen molar-refractivity contribution in [2.45, 2.75) is 44.5 Å². The molecule has 2 fully saturated rings. The zero-order valence-electron chi connectivity index (χ0n) is 19.2. The summed E-state index contributed by atoms with van der Waals surface area (Å²) in [5.74, 6) is -0.670. The Hall–Kier alpha value is -1.64. The lowest BCUT2D eigenvalue weighted by Gasteiger charge is -2.31. The molecule has 1 atom stereocenters. The van der Waals surface area contributed by atoms with Crippen molar-refractivity contribution < 1.29 is 13.2 Å². The van der Waals surface area contributed by atoms with Gasteiger partial charge in [0.2, 0.25) is 15.9 Å². The Morgan fingerprint density at radius 2 is 1.71 bits per heavy atom. The van der Waals surface area contributed by atoms with Gasteiger partial charge in [-0.25, -0.2) is 12.7 Å². The molecule has 6 nitrogen and oxygen atoms in total. The molecule has 184 valence electrons. The van der Waals surface area contributed by atoms with Crippen molar-refractivity contribution in [2.24, 2.45) is 5.92 Å². The van der Waals surface area contributed by atoms with Crippen LogP contribution in [0.2, 0.25) is 10.0 Å². The minimum Gasteiger partial charge on any atom is -0.352 e. The molecule has 9 heteroatoms. The summed E-state index contributed by atoms with van der Waals surface area (Å²) in [5, 5.41) is 3.85. The van der Waals surface area contributed by atoms with Crippen LogP contribution in [0.4, 0.5) is 0 Å². The number of nitrogens with zero attached hydrogens (tertiary/aromatic N) is 2. The SMILES string of the molecule is O=C(NCc1ccccc1CN1CCCC1)[C@H]1CCCN(S(=O)(=O)Cc2ccc(Cl)cc2Cl)C1. The van der Waals surface area contributed by atoms with Crippen LogP contribution in [-0.2, 0) is 33.7 Å². The molecule has 0 spiro atoms. The third kappa shape index (κ3) is 6.52. The van der Waals surface area contributed by atoms with Crippen molar-refractivity contribution in [2.75, 3.05) is 26.2 Å². The Labute approximate surface area is 212 Å². The number of halogens is 2. The quantitative estimate of drug-likeness (QED) is 0.554. The molecule has 2 aromatic carbocycles. The monoisotopic (exact) mass is 523 g/mol. The Morgan fingerprint density at radius 1 is 0.971 bits per heavy atom. The van der Waals surface area contributed by atoms with Gasteiger partial charge in [0.15, 0.2) is 0 Å². The lowest BCUT2D eigenvalue weighted by atomic mass is 9.98. The first-order valence-electron chi connectivity index (χ1n) is 11.8. The van der Waals surface area contributed by atoms with Gasteiger partial charge in [0.1, 0.15) is 0 Å². The van der Waals surface area contributed by atoms with Crippen molar-refractivity contribution >= 4 is 39.1 Å². The maximum absolute atomic E-state index is 13.0. The molecule has 0 aromatic heterocycles. The van der Waals surface area contributed by atoms with Crippen LogP contribution in [0.5, 0.6) is 0 Å². The molecule has 1 amide bonds. The first-order valence-corrected chi connectivity index (χ1v) is 14.2. The van der Waals surface area contributed by atoms with Crippen molar-refractivity contribution in [1.82, 2.24) is 14.5 Å². The number of hydrogen-bond acceptors (Lipinski definition) is 4. The van der Waals surface area contributed by atoms with Gasteiger partial charge in [-0.05, 0) is 67.6 Å². The lowest BCUT2D eigenvalue weighted by molar-refractivity contribution is -0.126. The van der Waals surface area contributed by atoms with E-state index in [1.165, 1.54) is 22.7 Å². The third-order valence-electron chi connectivity index (χ3n) is 6.67. The summed E-state index contributed by atoms with van der Waals surface area (Å²) >= 11 is 12.1. The molecule has 2 heterocycles. The molecular formula is C25H31Cl2N3O3S. The van der Waals surface area contributed by atoms with Gasteiger partial charge in [-0.1, -0.05) is 53.5 Å². The van der Waals surface area contributed by atoms with Gasteiger partial charge in [-0.15, -0.1) is 0 Å².